The number of aromatic hydroxyl groups is 1. The van der Waals surface area contributed by atoms with Crippen molar-refractivity contribution in [3.8, 4) is 17.2 Å². The summed E-state index contributed by atoms with van der Waals surface area (Å²) in [7, 11) is 0. The van der Waals surface area contributed by atoms with E-state index < -0.39 is 11.4 Å². The van der Waals surface area contributed by atoms with Crippen molar-refractivity contribution in [2.24, 2.45) is 0 Å². The van der Waals surface area contributed by atoms with E-state index in [-0.39, 0.29) is 11.3 Å². The molecule has 30 heavy (non-hydrogen) atoms. The van der Waals surface area contributed by atoms with E-state index in [4.69, 9.17) is 9.47 Å². The first kappa shape index (κ1) is 21.7. The van der Waals surface area contributed by atoms with Crippen LogP contribution in [0.1, 0.15) is 35.3 Å². The smallest absolute Gasteiger partial charge is 0.339 e. The van der Waals surface area contributed by atoms with Crippen LogP contribution in [0.2, 0.25) is 0 Å². The van der Waals surface area contributed by atoms with E-state index in [0.717, 1.165) is 27.1 Å². The Kier molecular flexibility index (Phi) is 6.67. The van der Waals surface area contributed by atoms with Gasteiger partial charge < -0.3 is 19.7 Å². The van der Waals surface area contributed by atoms with Gasteiger partial charge in [0.2, 0.25) is 0 Å². The lowest BCUT2D eigenvalue weighted by Gasteiger charge is -2.27. The second-order valence-electron chi connectivity index (χ2n) is 7.34. The van der Waals surface area contributed by atoms with Crippen LogP contribution in [0.15, 0.2) is 71.2 Å². The van der Waals surface area contributed by atoms with Crippen molar-refractivity contribution in [1.29, 1.82) is 0 Å². The zero-order chi connectivity index (χ0) is 21.7. The Bertz CT molecular complexity index is 1010. The molecule has 0 bridgehead atoms. The van der Waals surface area contributed by atoms with Crippen molar-refractivity contribution in [3.05, 3.63) is 87.9 Å². The fourth-order valence-electron chi connectivity index (χ4n) is 3.08. The minimum Gasteiger partial charge on any atom is -0.507 e. The Morgan fingerprint density at radius 2 is 1.37 bits per heavy atom. The Balaban J connectivity index is 1.62. The summed E-state index contributed by atoms with van der Waals surface area (Å²) in [6, 6.07) is 20.0. The van der Waals surface area contributed by atoms with Crippen LogP contribution in [0, 0.1) is 0 Å². The van der Waals surface area contributed by atoms with Gasteiger partial charge in [-0.1, -0.05) is 48.0 Å². The largest absolute Gasteiger partial charge is 0.507 e. The van der Waals surface area contributed by atoms with Crippen LogP contribution in [-0.4, -0.2) is 29.4 Å². The summed E-state index contributed by atoms with van der Waals surface area (Å²) in [5, 5.41) is 19.0. The molecule has 2 N–H and O–H groups in total. The maximum atomic E-state index is 11.3. The molecule has 156 valence electrons. The summed E-state index contributed by atoms with van der Waals surface area (Å²) in [5.41, 5.74) is 1.25. The lowest BCUT2D eigenvalue weighted by atomic mass is 9.77. The highest BCUT2D eigenvalue weighted by Crippen LogP contribution is 2.34. The van der Waals surface area contributed by atoms with Crippen LogP contribution in [0.5, 0.6) is 17.2 Å². The Hall–Kier alpha value is -2.99. The monoisotopic (exact) mass is 470 g/mol. The summed E-state index contributed by atoms with van der Waals surface area (Å²) >= 11 is 3.39. The SMILES string of the molecule is CC(C)(c1ccc(OCCOc2ccc(Br)cc2)cc1)c1ccc(O)c(C(=O)O)c1. The van der Waals surface area contributed by atoms with Crippen molar-refractivity contribution in [2.45, 2.75) is 19.3 Å². The summed E-state index contributed by atoms with van der Waals surface area (Å²) in [5.74, 6) is 0.120. The van der Waals surface area contributed by atoms with Gasteiger partial charge in [-0.15, -0.1) is 0 Å². The average Bonchev–Trinajstić information content (AvgIpc) is 2.73. The number of rotatable bonds is 8. The van der Waals surface area contributed by atoms with Crippen molar-refractivity contribution >= 4 is 21.9 Å². The molecule has 3 aromatic rings. The number of phenols is 1. The quantitative estimate of drug-likeness (QED) is 0.416. The molecule has 0 unspecified atom stereocenters. The summed E-state index contributed by atoms with van der Waals surface area (Å²) in [6.45, 7) is 4.86. The maximum Gasteiger partial charge on any atom is 0.339 e. The van der Waals surface area contributed by atoms with E-state index in [1.807, 2.05) is 62.4 Å². The van der Waals surface area contributed by atoms with Gasteiger partial charge in [0.25, 0.3) is 0 Å². The topological polar surface area (TPSA) is 76.0 Å². The van der Waals surface area contributed by atoms with Gasteiger partial charge in [0, 0.05) is 9.89 Å². The third kappa shape index (κ3) is 5.13. The zero-order valence-electron chi connectivity index (χ0n) is 16.8. The Labute approximate surface area is 184 Å². The first-order chi connectivity index (χ1) is 14.3. The van der Waals surface area contributed by atoms with E-state index in [9.17, 15) is 15.0 Å². The molecule has 3 rings (SSSR count). The zero-order valence-corrected chi connectivity index (χ0v) is 18.3. The number of carbonyl (C=O) groups is 1. The fraction of sp³-hybridized carbons (Fsp3) is 0.208. The van der Waals surface area contributed by atoms with Crippen molar-refractivity contribution in [3.63, 3.8) is 0 Å². The second kappa shape index (κ2) is 9.22. The highest BCUT2D eigenvalue weighted by atomic mass is 79.9. The number of hydrogen-bond donors (Lipinski definition) is 2. The van der Waals surface area contributed by atoms with E-state index >= 15 is 0 Å². The van der Waals surface area contributed by atoms with Crippen LogP contribution in [0.3, 0.4) is 0 Å². The number of benzene rings is 3. The standard InChI is InChI=1S/C24H23BrO5/c1-24(2,17-5-12-22(26)21(15-17)23(27)28)16-3-8-19(9-4-16)29-13-14-30-20-10-6-18(25)7-11-20/h3-12,15,26H,13-14H2,1-2H3,(H,27,28). The molecule has 0 aliphatic carbocycles. The third-order valence-corrected chi connectivity index (χ3v) is 5.49. The molecule has 3 aromatic carbocycles. The van der Waals surface area contributed by atoms with Crippen LogP contribution < -0.4 is 9.47 Å². The van der Waals surface area contributed by atoms with Gasteiger partial charge in [0.15, 0.2) is 0 Å². The number of carboxylic acids is 1. The highest BCUT2D eigenvalue weighted by Gasteiger charge is 2.25. The van der Waals surface area contributed by atoms with E-state index in [0.29, 0.717) is 13.2 Å². The lowest BCUT2D eigenvalue weighted by molar-refractivity contribution is 0.0693. The predicted molar refractivity (Wildman–Crippen MR) is 119 cm³/mol. The van der Waals surface area contributed by atoms with Gasteiger partial charge in [-0.25, -0.2) is 4.79 Å². The number of carboxylic acid groups (broad SMARTS) is 1. The summed E-state index contributed by atoms with van der Waals surface area (Å²) < 4.78 is 12.4. The van der Waals surface area contributed by atoms with Crippen LogP contribution in [-0.2, 0) is 5.41 Å². The molecule has 0 aliphatic rings. The molecule has 6 heteroatoms. The Morgan fingerprint density at radius 1 is 0.867 bits per heavy atom. The van der Waals surface area contributed by atoms with Gasteiger partial charge in [-0.3, -0.25) is 0 Å². The molecule has 0 spiro atoms. The number of ether oxygens (including phenoxy) is 2. The second-order valence-corrected chi connectivity index (χ2v) is 8.25. The summed E-state index contributed by atoms with van der Waals surface area (Å²) in [6.07, 6.45) is 0. The maximum absolute atomic E-state index is 11.3. The van der Waals surface area contributed by atoms with Crippen LogP contribution in [0.25, 0.3) is 0 Å². The molecule has 0 heterocycles. The van der Waals surface area contributed by atoms with E-state index in [1.54, 1.807) is 6.07 Å². The fourth-order valence-corrected chi connectivity index (χ4v) is 3.34. The normalized spacial score (nSPS) is 11.2. The molecular formula is C24H23BrO5. The van der Waals surface area contributed by atoms with Crippen molar-refractivity contribution in [2.75, 3.05) is 13.2 Å². The van der Waals surface area contributed by atoms with E-state index in [2.05, 4.69) is 15.9 Å². The molecule has 0 amide bonds. The van der Waals surface area contributed by atoms with Crippen molar-refractivity contribution < 1.29 is 24.5 Å². The molecule has 0 aromatic heterocycles. The first-order valence-electron chi connectivity index (χ1n) is 9.46. The predicted octanol–water partition coefficient (Wildman–Crippen LogP) is 5.64. The number of hydrogen-bond acceptors (Lipinski definition) is 4. The molecule has 0 radical (unpaired) electrons. The van der Waals surface area contributed by atoms with Gasteiger partial charge >= 0.3 is 5.97 Å². The van der Waals surface area contributed by atoms with Gasteiger partial charge in [-0.2, -0.15) is 0 Å². The lowest BCUT2D eigenvalue weighted by Crippen LogP contribution is -2.19. The number of halogens is 1. The number of aromatic carboxylic acids is 1. The molecule has 0 saturated carbocycles. The summed E-state index contributed by atoms with van der Waals surface area (Å²) in [4.78, 5) is 11.3. The molecule has 0 aliphatic heterocycles. The minimum absolute atomic E-state index is 0.105. The molecule has 0 fully saturated rings. The molecule has 0 atom stereocenters. The van der Waals surface area contributed by atoms with E-state index in [1.165, 1.54) is 12.1 Å². The third-order valence-electron chi connectivity index (χ3n) is 4.96. The first-order valence-corrected chi connectivity index (χ1v) is 10.2. The minimum atomic E-state index is -1.15. The molecule has 5 nitrogen and oxygen atoms in total. The Morgan fingerprint density at radius 3 is 1.90 bits per heavy atom. The van der Waals surface area contributed by atoms with Gasteiger partial charge in [0.1, 0.15) is 36.0 Å². The highest BCUT2D eigenvalue weighted by molar-refractivity contribution is 9.10. The van der Waals surface area contributed by atoms with Crippen LogP contribution in [0.4, 0.5) is 0 Å². The molecular weight excluding hydrogens is 448 g/mol. The average molecular weight is 471 g/mol. The van der Waals surface area contributed by atoms with Crippen LogP contribution >= 0.6 is 15.9 Å². The van der Waals surface area contributed by atoms with Gasteiger partial charge in [0.05, 0.1) is 0 Å². The van der Waals surface area contributed by atoms with Crippen molar-refractivity contribution in [1.82, 2.24) is 0 Å². The molecule has 0 saturated heterocycles. The van der Waals surface area contributed by atoms with Gasteiger partial charge in [-0.05, 0) is 59.7 Å².